The highest BCUT2D eigenvalue weighted by Crippen LogP contribution is 1.97. The lowest BCUT2D eigenvalue weighted by Gasteiger charge is -2.14. The summed E-state index contributed by atoms with van der Waals surface area (Å²) in [5.41, 5.74) is 0.929. The molecule has 0 bridgehead atoms. The lowest BCUT2D eigenvalue weighted by molar-refractivity contribution is -0.130. The number of nitrogens with zero attached hydrogens (tertiary/aromatic N) is 3. The largest absolute Gasteiger partial charge is 0.383 e. The molecule has 1 aromatic heterocycles. The van der Waals surface area contributed by atoms with Crippen LogP contribution in [0, 0.1) is 0 Å². The number of ether oxygens (including phenoxy) is 1. The average Bonchev–Trinajstić information content (AvgIpc) is 2.81. The summed E-state index contributed by atoms with van der Waals surface area (Å²) >= 11 is 0. The number of carbonyl (C=O) groups is 1. The van der Waals surface area contributed by atoms with Crippen LogP contribution in [0.4, 0.5) is 0 Å². The Hall–Kier alpha value is -1.40. The van der Waals surface area contributed by atoms with Gasteiger partial charge in [-0.3, -0.25) is 4.79 Å². The van der Waals surface area contributed by atoms with Gasteiger partial charge in [0.2, 0.25) is 5.91 Å². The van der Waals surface area contributed by atoms with E-state index in [1.54, 1.807) is 25.4 Å². The molecule has 0 aromatic carbocycles. The predicted molar refractivity (Wildman–Crippen MR) is 69.1 cm³/mol. The van der Waals surface area contributed by atoms with Crippen molar-refractivity contribution in [3.63, 3.8) is 0 Å². The van der Waals surface area contributed by atoms with Crippen molar-refractivity contribution >= 4 is 5.91 Å². The fraction of sp³-hybridized carbons (Fsp3) is 0.667. The summed E-state index contributed by atoms with van der Waals surface area (Å²) in [7, 11) is 3.47. The second-order valence-electron chi connectivity index (χ2n) is 4.11. The first-order chi connectivity index (χ1) is 8.67. The van der Waals surface area contributed by atoms with Gasteiger partial charge in [0.1, 0.15) is 6.54 Å². The molecule has 0 fully saturated rings. The van der Waals surface area contributed by atoms with Gasteiger partial charge in [-0.25, -0.2) is 4.98 Å². The molecule has 1 rings (SSSR count). The monoisotopic (exact) mass is 254 g/mol. The van der Waals surface area contributed by atoms with Crippen LogP contribution < -0.4 is 5.32 Å². The summed E-state index contributed by atoms with van der Waals surface area (Å²) in [5, 5.41) is 3.21. The van der Waals surface area contributed by atoms with Crippen LogP contribution in [0.3, 0.4) is 0 Å². The SMILES string of the molecule is CCN(C)C(=O)Cn1cnc(CNCCOC)c1. The summed E-state index contributed by atoms with van der Waals surface area (Å²) in [5.74, 6) is 0.0915. The minimum absolute atomic E-state index is 0.0915. The molecule has 1 N–H and O–H groups in total. The normalized spacial score (nSPS) is 10.6. The van der Waals surface area contributed by atoms with Crippen LogP contribution in [0.25, 0.3) is 0 Å². The summed E-state index contributed by atoms with van der Waals surface area (Å²) < 4.78 is 6.75. The van der Waals surface area contributed by atoms with Crippen molar-refractivity contribution in [2.75, 3.05) is 33.9 Å². The van der Waals surface area contributed by atoms with Crippen LogP contribution in [0.5, 0.6) is 0 Å². The van der Waals surface area contributed by atoms with Gasteiger partial charge < -0.3 is 19.5 Å². The second kappa shape index (κ2) is 7.84. The van der Waals surface area contributed by atoms with Gasteiger partial charge in [0.25, 0.3) is 0 Å². The Morgan fingerprint density at radius 3 is 3.06 bits per heavy atom. The maximum atomic E-state index is 11.7. The van der Waals surface area contributed by atoms with Gasteiger partial charge in [-0.2, -0.15) is 0 Å². The van der Waals surface area contributed by atoms with E-state index in [-0.39, 0.29) is 5.91 Å². The van der Waals surface area contributed by atoms with E-state index in [0.717, 1.165) is 18.8 Å². The topological polar surface area (TPSA) is 59.4 Å². The number of rotatable bonds is 8. The Morgan fingerprint density at radius 1 is 1.61 bits per heavy atom. The molecule has 6 heteroatoms. The number of imidazole rings is 1. The highest BCUT2D eigenvalue weighted by molar-refractivity contribution is 5.75. The van der Waals surface area contributed by atoms with Gasteiger partial charge in [0.15, 0.2) is 0 Å². The number of aromatic nitrogens is 2. The zero-order chi connectivity index (χ0) is 13.4. The first-order valence-electron chi connectivity index (χ1n) is 6.11. The number of amides is 1. The van der Waals surface area contributed by atoms with E-state index in [1.807, 2.05) is 17.7 Å². The van der Waals surface area contributed by atoms with E-state index in [9.17, 15) is 4.79 Å². The molecule has 1 aromatic rings. The lowest BCUT2D eigenvalue weighted by atomic mass is 10.4. The van der Waals surface area contributed by atoms with E-state index in [2.05, 4.69) is 10.3 Å². The van der Waals surface area contributed by atoms with E-state index < -0.39 is 0 Å². The van der Waals surface area contributed by atoms with Crippen molar-refractivity contribution in [2.24, 2.45) is 0 Å². The maximum Gasteiger partial charge on any atom is 0.242 e. The third kappa shape index (κ3) is 4.85. The van der Waals surface area contributed by atoms with Crippen LogP contribution in [-0.2, 0) is 22.6 Å². The molecule has 0 saturated carbocycles. The third-order valence-corrected chi connectivity index (χ3v) is 2.69. The van der Waals surface area contributed by atoms with E-state index >= 15 is 0 Å². The molecule has 6 nitrogen and oxygen atoms in total. The molecule has 0 saturated heterocycles. The summed E-state index contributed by atoms with van der Waals surface area (Å²) in [6.45, 7) is 5.18. The number of nitrogens with one attached hydrogen (secondary N) is 1. The Balaban J connectivity index is 2.36. The second-order valence-corrected chi connectivity index (χ2v) is 4.11. The van der Waals surface area contributed by atoms with Crippen LogP contribution >= 0.6 is 0 Å². The van der Waals surface area contributed by atoms with E-state index in [0.29, 0.717) is 19.7 Å². The molecule has 0 spiro atoms. The highest BCUT2D eigenvalue weighted by atomic mass is 16.5. The van der Waals surface area contributed by atoms with E-state index in [1.165, 1.54) is 0 Å². The molecule has 18 heavy (non-hydrogen) atoms. The highest BCUT2D eigenvalue weighted by Gasteiger charge is 2.07. The molecule has 0 atom stereocenters. The summed E-state index contributed by atoms with van der Waals surface area (Å²) in [6, 6.07) is 0. The van der Waals surface area contributed by atoms with Gasteiger partial charge in [0, 0.05) is 40.0 Å². The third-order valence-electron chi connectivity index (χ3n) is 2.69. The fourth-order valence-corrected chi connectivity index (χ4v) is 1.43. The van der Waals surface area contributed by atoms with Crippen molar-refractivity contribution in [2.45, 2.75) is 20.0 Å². The van der Waals surface area contributed by atoms with Gasteiger partial charge >= 0.3 is 0 Å². The van der Waals surface area contributed by atoms with Crippen molar-refractivity contribution in [3.05, 3.63) is 18.2 Å². The Morgan fingerprint density at radius 2 is 2.39 bits per heavy atom. The van der Waals surface area contributed by atoms with Gasteiger partial charge in [-0.05, 0) is 6.92 Å². The number of methoxy groups -OCH3 is 1. The zero-order valence-electron chi connectivity index (χ0n) is 11.3. The molecule has 0 radical (unpaired) electrons. The quantitative estimate of drug-likeness (QED) is 0.668. The summed E-state index contributed by atoms with van der Waals surface area (Å²) in [4.78, 5) is 17.6. The molecule has 0 aliphatic rings. The Kier molecular flexibility index (Phi) is 6.38. The first-order valence-corrected chi connectivity index (χ1v) is 6.11. The first kappa shape index (κ1) is 14.7. The molecular formula is C12H22N4O2. The fourth-order valence-electron chi connectivity index (χ4n) is 1.43. The van der Waals surface area contributed by atoms with Crippen LogP contribution in [0.2, 0.25) is 0 Å². The standard InChI is InChI=1S/C12H22N4O2/c1-4-15(2)12(17)9-16-8-11(14-10-16)7-13-5-6-18-3/h8,10,13H,4-7,9H2,1-3H3. The molecule has 1 heterocycles. The van der Waals surface area contributed by atoms with Gasteiger partial charge in [-0.1, -0.05) is 0 Å². The minimum atomic E-state index is 0.0915. The molecule has 1 amide bonds. The number of hydrogen-bond donors (Lipinski definition) is 1. The number of likely N-dealkylation sites (N-methyl/N-ethyl adjacent to an activating group) is 1. The average molecular weight is 254 g/mol. The molecule has 0 aliphatic heterocycles. The van der Waals surface area contributed by atoms with Crippen LogP contribution in [-0.4, -0.2) is 54.2 Å². The maximum absolute atomic E-state index is 11.7. The Labute approximate surface area is 108 Å². The van der Waals surface area contributed by atoms with Gasteiger partial charge in [0.05, 0.1) is 18.6 Å². The smallest absolute Gasteiger partial charge is 0.242 e. The summed E-state index contributed by atoms with van der Waals surface area (Å²) in [6.07, 6.45) is 3.58. The number of hydrogen-bond acceptors (Lipinski definition) is 4. The zero-order valence-corrected chi connectivity index (χ0v) is 11.3. The molecule has 102 valence electrons. The van der Waals surface area contributed by atoms with Crippen molar-refractivity contribution in [1.82, 2.24) is 19.8 Å². The van der Waals surface area contributed by atoms with E-state index in [4.69, 9.17) is 4.74 Å². The molecular weight excluding hydrogens is 232 g/mol. The molecule has 0 unspecified atom stereocenters. The van der Waals surface area contributed by atoms with Crippen LogP contribution in [0.1, 0.15) is 12.6 Å². The Bertz CT molecular complexity index is 365. The minimum Gasteiger partial charge on any atom is -0.383 e. The number of carbonyl (C=O) groups excluding carboxylic acids is 1. The predicted octanol–water partition coefficient (Wildman–Crippen LogP) is 0.0974. The van der Waals surface area contributed by atoms with Crippen LogP contribution in [0.15, 0.2) is 12.5 Å². The van der Waals surface area contributed by atoms with Crippen molar-refractivity contribution in [1.29, 1.82) is 0 Å². The molecule has 0 aliphatic carbocycles. The van der Waals surface area contributed by atoms with Gasteiger partial charge in [-0.15, -0.1) is 0 Å². The van der Waals surface area contributed by atoms with Crippen molar-refractivity contribution < 1.29 is 9.53 Å². The lowest BCUT2D eigenvalue weighted by Crippen LogP contribution is -2.29. The van der Waals surface area contributed by atoms with Crippen molar-refractivity contribution in [3.8, 4) is 0 Å².